The van der Waals surface area contributed by atoms with Crippen LogP contribution in [0, 0.1) is 12.7 Å². The summed E-state index contributed by atoms with van der Waals surface area (Å²) >= 11 is 8.05. The molecule has 0 aliphatic heterocycles. The lowest BCUT2D eigenvalue weighted by Gasteiger charge is -2.11. The molecule has 2 rings (SSSR count). The second kappa shape index (κ2) is 5.63. The summed E-state index contributed by atoms with van der Waals surface area (Å²) in [5.41, 5.74) is 7.07. The van der Waals surface area contributed by atoms with E-state index in [1.54, 1.807) is 24.4 Å². The van der Waals surface area contributed by atoms with Gasteiger partial charge in [0.15, 0.2) is 0 Å². The quantitative estimate of drug-likeness (QED) is 0.865. The number of aromatic nitrogens is 1. The van der Waals surface area contributed by atoms with Gasteiger partial charge >= 0.3 is 0 Å². The molecule has 0 saturated heterocycles. The number of hydrogen-bond acceptors (Lipinski definition) is 3. The van der Waals surface area contributed by atoms with Gasteiger partial charge in [0.1, 0.15) is 16.6 Å². The number of nitrogens with two attached hydrogens (primary N) is 1. The van der Waals surface area contributed by atoms with Crippen molar-refractivity contribution in [3.63, 3.8) is 0 Å². The summed E-state index contributed by atoms with van der Waals surface area (Å²) in [6, 6.07) is 6.22. The number of halogens is 2. The SMILES string of the molecule is Cc1ccnc(Oc2ccc(Br)c(F)c2)c1C(N)=S. The van der Waals surface area contributed by atoms with Gasteiger partial charge in [-0.05, 0) is 46.6 Å². The van der Waals surface area contributed by atoms with Crippen molar-refractivity contribution in [1.29, 1.82) is 0 Å². The van der Waals surface area contributed by atoms with E-state index in [0.29, 0.717) is 15.8 Å². The Morgan fingerprint density at radius 2 is 2.16 bits per heavy atom. The first-order valence-corrected chi connectivity index (χ1v) is 6.57. The zero-order chi connectivity index (χ0) is 14.0. The van der Waals surface area contributed by atoms with Gasteiger partial charge < -0.3 is 10.5 Å². The van der Waals surface area contributed by atoms with Gasteiger partial charge in [-0.15, -0.1) is 0 Å². The molecule has 0 aliphatic rings. The fourth-order valence-corrected chi connectivity index (χ4v) is 2.06. The van der Waals surface area contributed by atoms with Gasteiger partial charge in [-0.2, -0.15) is 0 Å². The summed E-state index contributed by atoms with van der Waals surface area (Å²) in [5, 5.41) is 0. The number of ether oxygens (including phenoxy) is 1. The van der Waals surface area contributed by atoms with Crippen molar-refractivity contribution < 1.29 is 9.13 Å². The summed E-state index contributed by atoms with van der Waals surface area (Å²) in [7, 11) is 0. The van der Waals surface area contributed by atoms with Crippen LogP contribution in [0.1, 0.15) is 11.1 Å². The first kappa shape index (κ1) is 13.9. The number of benzene rings is 1. The summed E-state index contributed by atoms with van der Waals surface area (Å²) in [6.45, 7) is 1.85. The maximum Gasteiger partial charge on any atom is 0.229 e. The second-order valence-electron chi connectivity index (χ2n) is 3.85. The van der Waals surface area contributed by atoms with Crippen LogP contribution in [-0.4, -0.2) is 9.97 Å². The molecule has 0 radical (unpaired) electrons. The van der Waals surface area contributed by atoms with Crippen LogP contribution in [0.3, 0.4) is 0 Å². The standard InChI is InChI=1S/C13H10BrFN2OS/c1-7-4-5-17-13(11(7)12(16)19)18-8-2-3-9(14)10(15)6-8/h2-6H,1H3,(H2,16,19). The van der Waals surface area contributed by atoms with E-state index < -0.39 is 5.82 Å². The van der Waals surface area contributed by atoms with Crippen molar-refractivity contribution in [2.75, 3.05) is 0 Å². The molecule has 1 aromatic carbocycles. The number of nitrogens with zero attached hydrogens (tertiary/aromatic N) is 1. The minimum absolute atomic E-state index is 0.193. The van der Waals surface area contributed by atoms with Crippen LogP contribution in [0.2, 0.25) is 0 Å². The second-order valence-corrected chi connectivity index (χ2v) is 5.14. The van der Waals surface area contributed by atoms with E-state index in [1.165, 1.54) is 6.07 Å². The molecule has 1 heterocycles. The first-order valence-electron chi connectivity index (χ1n) is 5.37. The lowest BCUT2D eigenvalue weighted by atomic mass is 10.1. The van der Waals surface area contributed by atoms with E-state index in [-0.39, 0.29) is 10.9 Å². The molecule has 0 amide bonds. The maximum absolute atomic E-state index is 13.4. The third-order valence-electron chi connectivity index (χ3n) is 2.48. The Morgan fingerprint density at radius 3 is 2.79 bits per heavy atom. The normalized spacial score (nSPS) is 10.3. The molecule has 2 aromatic rings. The van der Waals surface area contributed by atoms with Crippen molar-refractivity contribution in [1.82, 2.24) is 4.98 Å². The van der Waals surface area contributed by atoms with Crippen molar-refractivity contribution in [3.8, 4) is 11.6 Å². The smallest absolute Gasteiger partial charge is 0.229 e. The highest BCUT2D eigenvalue weighted by atomic mass is 79.9. The monoisotopic (exact) mass is 340 g/mol. The molecule has 0 saturated carbocycles. The van der Waals surface area contributed by atoms with Crippen LogP contribution in [-0.2, 0) is 0 Å². The lowest BCUT2D eigenvalue weighted by molar-refractivity contribution is 0.456. The van der Waals surface area contributed by atoms with Gasteiger partial charge in [0, 0.05) is 12.3 Å². The van der Waals surface area contributed by atoms with Gasteiger partial charge in [-0.25, -0.2) is 9.37 Å². The average Bonchev–Trinajstić information content (AvgIpc) is 2.33. The molecule has 0 spiro atoms. The third kappa shape index (κ3) is 3.08. The third-order valence-corrected chi connectivity index (χ3v) is 3.32. The molecule has 0 atom stereocenters. The van der Waals surface area contributed by atoms with Crippen molar-refractivity contribution in [3.05, 3.63) is 51.9 Å². The fourth-order valence-electron chi connectivity index (χ4n) is 1.56. The fraction of sp³-hybridized carbons (Fsp3) is 0.0769. The predicted molar refractivity (Wildman–Crippen MR) is 79.0 cm³/mol. The Labute approximate surface area is 123 Å². The summed E-state index contributed by atoms with van der Waals surface area (Å²) in [5.74, 6) is 0.188. The highest BCUT2D eigenvalue weighted by Crippen LogP contribution is 2.27. The Balaban J connectivity index is 2.40. The van der Waals surface area contributed by atoms with Crippen LogP contribution >= 0.6 is 28.1 Å². The molecule has 3 nitrogen and oxygen atoms in total. The van der Waals surface area contributed by atoms with E-state index in [1.807, 2.05) is 6.92 Å². The van der Waals surface area contributed by atoms with Crippen LogP contribution in [0.25, 0.3) is 0 Å². The van der Waals surface area contributed by atoms with Gasteiger partial charge in [0.2, 0.25) is 5.88 Å². The zero-order valence-corrected chi connectivity index (χ0v) is 12.4. The van der Waals surface area contributed by atoms with Gasteiger partial charge in [0.05, 0.1) is 10.0 Å². The zero-order valence-electron chi connectivity index (χ0n) is 9.98. The van der Waals surface area contributed by atoms with Crippen molar-refractivity contribution in [2.24, 2.45) is 5.73 Å². The Hall–Kier alpha value is -1.53. The number of thiocarbonyl (C=S) groups is 1. The lowest BCUT2D eigenvalue weighted by Crippen LogP contribution is -2.13. The average molecular weight is 341 g/mol. The molecular weight excluding hydrogens is 331 g/mol. The van der Waals surface area contributed by atoms with Crippen molar-refractivity contribution in [2.45, 2.75) is 6.92 Å². The van der Waals surface area contributed by atoms with Crippen LogP contribution < -0.4 is 10.5 Å². The Bertz CT molecular complexity index is 649. The molecule has 2 N–H and O–H groups in total. The minimum atomic E-state index is -0.415. The molecule has 1 aromatic heterocycles. The molecule has 0 unspecified atom stereocenters. The van der Waals surface area contributed by atoms with E-state index in [2.05, 4.69) is 20.9 Å². The molecule has 6 heteroatoms. The summed E-state index contributed by atoms with van der Waals surface area (Å²) in [6.07, 6.45) is 1.58. The number of hydrogen-bond donors (Lipinski definition) is 1. The van der Waals surface area contributed by atoms with E-state index in [4.69, 9.17) is 22.7 Å². The molecule has 0 aliphatic carbocycles. The maximum atomic E-state index is 13.4. The van der Waals surface area contributed by atoms with E-state index >= 15 is 0 Å². The summed E-state index contributed by atoms with van der Waals surface area (Å²) in [4.78, 5) is 4.28. The largest absolute Gasteiger partial charge is 0.438 e. The van der Waals surface area contributed by atoms with Crippen LogP contribution in [0.15, 0.2) is 34.9 Å². The summed E-state index contributed by atoms with van der Waals surface area (Å²) < 4.78 is 19.3. The number of pyridine rings is 1. The van der Waals surface area contributed by atoms with Crippen LogP contribution in [0.5, 0.6) is 11.6 Å². The topological polar surface area (TPSA) is 48.1 Å². The Morgan fingerprint density at radius 1 is 1.42 bits per heavy atom. The van der Waals surface area contributed by atoms with Gasteiger partial charge in [0.25, 0.3) is 0 Å². The highest BCUT2D eigenvalue weighted by molar-refractivity contribution is 9.10. The van der Waals surface area contributed by atoms with Gasteiger partial charge in [-0.1, -0.05) is 12.2 Å². The van der Waals surface area contributed by atoms with Crippen LogP contribution in [0.4, 0.5) is 4.39 Å². The molecular formula is C13H10BrFN2OS. The molecule has 0 bridgehead atoms. The Kier molecular flexibility index (Phi) is 4.11. The van der Waals surface area contributed by atoms with E-state index in [9.17, 15) is 4.39 Å². The van der Waals surface area contributed by atoms with Gasteiger partial charge in [-0.3, -0.25) is 0 Å². The molecule has 0 fully saturated rings. The molecule has 98 valence electrons. The molecule has 19 heavy (non-hydrogen) atoms. The predicted octanol–water partition coefficient (Wildman–Crippen LogP) is 3.72. The number of aryl methyl sites for hydroxylation is 1. The van der Waals surface area contributed by atoms with E-state index in [0.717, 1.165) is 5.56 Å². The highest BCUT2D eigenvalue weighted by Gasteiger charge is 2.12. The van der Waals surface area contributed by atoms with Crippen molar-refractivity contribution >= 4 is 33.1 Å². The minimum Gasteiger partial charge on any atom is -0.438 e. The number of rotatable bonds is 3. The first-order chi connectivity index (χ1) is 8.99.